The summed E-state index contributed by atoms with van der Waals surface area (Å²) in [6, 6.07) is 0.607. The second kappa shape index (κ2) is 5.38. The summed E-state index contributed by atoms with van der Waals surface area (Å²) >= 11 is 0. The Kier molecular flexibility index (Phi) is 4.08. The molecule has 0 spiro atoms. The molecule has 1 amide bonds. The molecule has 98 valence electrons. The molecule has 1 N–H and O–H groups in total. The first-order valence-electron chi connectivity index (χ1n) is 7.25. The van der Waals surface area contributed by atoms with Crippen LogP contribution in [0, 0.1) is 5.92 Å². The maximum atomic E-state index is 12.4. The molecule has 1 saturated carbocycles. The van der Waals surface area contributed by atoms with Gasteiger partial charge in [-0.2, -0.15) is 0 Å². The van der Waals surface area contributed by atoms with Gasteiger partial charge in [0.05, 0.1) is 12.2 Å². The summed E-state index contributed by atoms with van der Waals surface area (Å²) in [7, 11) is 0. The molecular formula is C14H26N2O. The van der Waals surface area contributed by atoms with Crippen LogP contribution in [0.1, 0.15) is 59.3 Å². The lowest BCUT2D eigenvalue weighted by atomic mass is 9.80. The Labute approximate surface area is 105 Å². The molecule has 3 heteroatoms. The Morgan fingerprint density at radius 1 is 1.24 bits per heavy atom. The predicted octanol–water partition coefficient (Wildman–Crippen LogP) is 2.51. The van der Waals surface area contributed by atoms with Gasteiger partial charge in [-0.25, -0.2) is 0 Å². The molecule has 2 aliphatic rings. The summed E-state index contributed by atoms with van der Waals surface area (Å²) in [6.45, 7) is 6.63. The van der Waals surface area contributed by atoms with E-state index in [1.54, 1.807) is 0 Å². The summed E-state index contributed by atoms with van der Waals surface area (Å²) in [6.07, 6.45) is 7.01. The van der Waals surface area contributed by atoms with Crippen molar-refractivity contribution in [1.82, 2.24) is 10.2 Å². The van der Waals surface area contributed by atoms with E-state index in [0.717, 1.165) is 31.6 Å². The molecular weight excluding hydrogens is 212 g/mol. The summed E-state index contributed by atoms with van der Waals surface area (Å²) < 4.78 is 0. The molecule has 2 rings (SSSR count). The van der Waals surface area contributed by atoms with E-state index in [1.165, 1.54) is 12.8 Å². The Bertz CT molecular complexity index is 273. The van der Waals surface area contributed by atoms with Crippen LogP contribution < -0.4 is 5.32 Å². The van der Waals surface area contributed by atoms with E-state index in [9.17, 15) is 4.79 Å². The van der Waals surface area contributed by atoms with E-state index >= 15 is 0 Å². The van der Waals surface area contributed by atoms with Crippen LogP contribution in [-0.4, -0.2) is 29.1 Å². The van der Waals surface area contributed by atoms with Crippen LogP contribution in [0.2, 0.25) is 0 Å². The maximum absolute atomic E-state index is 12.4. The van der Waals surface area contributed by atoms with E-state index in [-0.39, 0.29) is 6.04 Å². The molecule has 0 aromatic heterocycles. The van der Waals surface area contributed by atoms with Crippen LogP contribution in [0.15, 0.2) is 0 Å². The van der Waals surface area contributed by atoms with Crippen molar-refractivity contribution in [2.24, 2.45) is 5.92 Å². The highest BCUT2D eigenvalue weighted by Crippen LogP contribution is 2.35. The third kappa shape index (κ3) is 2.49. The van der Waals surface area contributed by atoms with Gasteiger partial charge >= 0.3 is 0 Å². The molecule has 0 aromatic carbocycles. The molecule has 1 heterocycles. The Hall–Kier alpha value is -0.570. The first-order valence-corrected chi connectivity index (χ1v) is 7.25. The molecule has 1 saturated heterocycles. The highest BCUT2D eigenvalue weighted by molar-refractivity contribution is 5.84. The fraction of sp³-hybridized carbons (Fsp3) is 0.929. The number of carbonyl (C=O) groups excluding carboxylic acids is 1. The molecule has 2 atom stereocenters. The Morgan fingerprint density at radius 3 is 2.41 bits per heavy atom. The predicted molar refractivity (Wildman–Crippen MR) is 69.6 cm³/mol. The van der Waals surface area contributed by atoms with Crippen molar-refractivity contribution in [3.8, 4) is 0 Å². The Balaban J connectivity index is 2.01. The van der Waals surface area contributed by atoms with Gasteiger partial charge in [0.25, 0.3) is 0 Å². The van der Waals surface area contributed by atoms with Crippen LogP contribution in [-0.2, 0) is 4.79 Å². The van der Waals surface area contributed by atoms with Crippen molar-refractivity contribution < 1.29 is 4.79 Å². The summed E-state index contributed by atoms with van der Waals surface area (Å²) in [4.78, 5) is 14.6. The van der Waals surface area contributed by atoms with Gasteiger partial charge in [0.1, 0.15) is 0 Å². The quantitative estimate of drug-likeness (QED) is 0.798. The zero-order valence-corrected chi connectivity index (χ0v) is 11.4. The molecule has 0 radical (unpaired) electrons. The summed E-state index contributed by atoms with van der Waals surface area (Å²) in [5.74, 6) is 1.17. The maximum Gasteiger partial charge on any atom is 0.241 e. The van der Waals surface area contributed by atoms with Crippen molar-refractivity contribution in [3.05, 3.63) is 0 Å². The minimum Gasteiger partial charge on any atom is -0.323 e. The van der Waals surface area contributed by atoms with Gasteiger partial charge in [0.15, 0.2) is 0 Å². The van der Waals surface area contributed by atoms with Crippen molar-refractivity contribution in [2.45, 2.75) is 77.5 Å². The lowest BCUT2D eigenvalue weighted by molar-refractivity contribution is -0.135. The van der Waals surface area contributed by atoms with Gasteiger partial charge in [-0.1, -0.05) is 33.6 Å². The average Bonchev–Trinajstić information content (AvgIpc) is 2.53. The monoisotopic (exact) mass is 238 g/mol. The standard InChI is InChI=1S/C14H26N2O/c1-4-6-12-14(17)16(11-8-10(3)9-11)13(15-12)7-5-2/h10-13,15H,4-9H2,1-3H3. The molecule has 3 nitrogen and oxygen atoms in total. The highest BCUT2D eigenvalue weighted by Gasteiger charge is 2.44. The van der Waals surface area contributed by atoms with Crippen molar-refractivity contribution in [3.63, 3.8) is 0 Å². The van der Waals surface area contributed by atoms with E-state index in [2.05, 4.69) is 31.0 Å². The number of nitrogens with zero attached hydrogens (tertiary/aromatic N) is 1. The molecule has 2 unspecified atom stereocenters. The van der Waals surface area contributed by atoms with Crippen LogP contribution >= 0.6 is 0 Å². The van der Waals surface area contributed by atoms with Gasteiger partial charge in [-0.15, -0.1) is 0 Å². The second-order valence-corrected chi connectivity index (χ2v) is 5.79. The first-order chi connectivity index (χ1) is 8.17. The second-order valence-electron chi connectivity index (χ2n) is 5.79. The van der Waals surface area contributed by atoms with Gasteiger partial charge < -0.3 is 4.90 Å². The largest absolute Gasteiger partial charge is 0.323 e. The van der Waals surface area contributed by atoms with Gasteiger partial charge in [-0.05, 0) is 31.6 Å². The molecule has 1 aliphatic heterocycles. The van der Waals surface area contributed by atoms with Gasteiger partial charge in [-0.3, -0.25) is 10.1 Å². The Morgan fingerprint density at radius 2 is 1.88 bits per heavy atom. The van der Waals surface area contributed by atoms with E-state index in [4.69, 9.17) is 0 Å². The third-order valence-corrected chi connectivity index (χ3v) is 4.16. The molecule has 1 aliphatic carbocycles. The lowest BCUT2D eigenvalue weighted by Crippen LogP contribution is -2.50. The van der Waals surface area contributed by atoms with Gasteiger partial charge in [0, 0.05) is 6.04 Å². The number of carbonyl (C=O) groups is 1. The van der Waals surface area contributed by atoms with Crippen LogP contribution in [0.5, 0.6) is 0 Å². The minimum atomic E-state index is 0.0902. The van der Waals surface area contributed by atoms with Crippen molar-refractivity contribution in [2.75, 3.05) is 0 Å². The van der Waals surface area contributed by atoms with Gasteiger partial charge in [0.2, 0.25) is 5.91 Å². The number of amides is 1. The van der Waals surface area contributed by atoms with Crippen LogP contribution in [0.25, 0.3) is 0 Å². The third-order valence-electron chi connectivity index (χ3n) is 4.16. The summed E-state index contributed by atoms with van der Waals surface area (Å²) in [5.41, 5.74) is 0. The zero-order valence-electron chi connectivity index (χ0n) is 11.4. The highest BCUT2D eigenvalue weighted by atomic mass is 16.2. The van der Waals surface area contributed by atoms with Crippen LogP contribution in [0.3, 0.4) is 0 Å². The molecule has 0 bridgehead atoms. The number of hydrogen-bond acceptors (Lipinski definition) is 2. The van der Waals surface area contributed by atoms with Crippen molar-refractivity contribution in [1.29, 1.82) is 0 Å². The fourth-order valence-electron chi connectivity index (χ4n) is 3.23. The fourth-order valence-corrected chi connectivity index (χ4v) is 3.23. The molecule has 0 aromatic rings. The molecule has 2 fully saturated rings. The van der Waals surface area contributed by atoms with E-state index in [0.29, 0.717) is 18.1 Å². The minimum absolute atomic E-state index is 0.0902. The first kappa shape index (κ1) is 12.9. The molecule has 17 heavy (non-hydrogen) atoms. The van der Waals surface area contributed by atoms with E-state index < -0.39 is 0 Å². The van der Waals surface area contributed by atoms with Crippen molar-refractivity contribution >= 4 is 5.91 Å². The topological polar surface area (TPSA) is 32.3 Å². The van der Waals surface area contributed by atoms with Crippen LogP contribution in [0.4, 0.5) is 0 Å². The number of rotatable bonds is 5. The number of hydrogen-bond donors (Lipinski definition) is 1. The normalized spacial score (nSPS) is 37.4. The lowest BCUT2D eigenvalue weighted by Gasteiger charge is -2.42. The number of nitrogens with one attached hydrogen (secondary N) is 1. The SMILES string of the molecule is CCCC1NC(CCC)N(C2CC(C)C2)C1=O. The zero-order chi connectivity index (χ0) is 12.4. The van der Waals surface area contributed by atoms with E-state index in [1.807, 2.05) is 0 Å². The summed E-state index contributed by atoms with van der Waals surface area (Å²) in [5, 5.41) is 3.53. The average molecular weight is 238 g/mol. The smallest absolute Gasteiger partial charge is 0.241 e.